The van der Waals surface area contributed by atoms with Gasteiger partial charge in [0.25, 0.3) is 0 Å². The number of anilines is 1. The molecule has 1 heterocycles. The third-order valence-corrected chi connectivity index (χ3v) is 3.66. The van der Waals surface area contributed by atoms with Crippen molar-refractivity contribution in [1.82, 2.24) is 0 Å². The maximum absolute atomic E-state index is 8.83. The Balaban J connectivity index is 1.86. The van der Waals surface area contributed by atoms with Crippen molar-refractivity contribution in [2.45, 2.75) is 12.8 Å². The number of hydrogen-bond acceptors (Lipinski definition) is 3. The number of benzene rings is 1. The summed E-state index contributed by atoms with van der Waals surface area (Å²) >= 11 is 0. The number of hydrogen-bond donors (Lipinski definition) is 0. The molecule has 1 saturated carbocycles. The van der Waals surface area contributed by atoms with E-state index < -0.39 is 0 Å². The Morgan fingerprint density at radius 1 is 1.38 bits per heavy atom. The van der Waals surface area contributed by atoms with Crippen LogP contribution in [-0.4, -0.2) is 20.2 Å². The lowest BCUT2D eigenvalue weighted by molar-refractivity contribution is 0.371. The highest BCUT2D eigenvalue weighted by atomic mass is 16.5. The van der Waals surface area contributed by atoms with Gasteiger partial charge >= 0.3 is 0 Å². The van der Waals surface area contributed by atoms with Gasteiger partial charge in [-0.05, 0) is 25.0 Å². The standard InChI is InChI=1S/C13H14N2O/c1-16-12-6-10(7-14)2-3-11(12)15-8-13(9-15)4-5-13/h2-3,6H,4-5,8-9H2,1H3. The van der Waals surface area contributed by atoms with Gasteiger partial charge in [0.1, 0.15) is 5.75 Å². The Labute approximate surface area is 95.2 Å². The normalized spacial score (nSPS) is 20.1. The molecule has 1 spiro atoms. The smallest absolute Gasteiger partial charge is 0.143 e. The van der Waals surface area contributed by atoms with Crippen LogP contribution in [0, 0.1) is 16.7 Å². The van der Waals surface area contributed by atoms with Gasteiger partial charge in [-0.3, -0.25) is 0 Å². The van der Waals surface area contributed by atoms with Crippen LogP contribution in [0.1, 0.15) is 18.4 Å². The van der Waals surface area contributed by atoms with Crippen LogP contribution in [0.4, 0.5) is 5.69 Å². The molecule has 3 nitrogen and oxygen atoms in total. The van der Waals surface area contributed by atoms with E-state index in [1.54, 1.807) is 7.11 Å². The van der Waals surface area contributed by atoms with E-state index >= 15 is 0 Å². The lowest BCUT2D eigenvalue weighted by atomic mass is 9.95. The molecule has 2 fully saturated rings. The fraction of sp³-hybridized carbons (Fsp3) is 0.462. The number of nitrogens with zero attached hydrogens (tertiary/aromatic N) is 2. The quantitative estimate of drug-likeness (QED) is 0.757. The number of rotatable bonds is 2. The van der Waals surface area contributed by atoms with Gasteiger partial charge in [0.05, 0.1) is 24.4 Å². The molecule has 0 bridgehead atoms. The Morgan fingerprint density at radius 2 is 2.12 bits per heavy atom. The third-order valence-electron chi connectivity index (χ3n) is 3.66. The number of nitriles is 1. The Bertz CT molecular complexity index is 463. The second-order valence-electron chi connectivity index (χ2n) is 4.85. The summed E-state index contributed by atoms with van der Waals surface area (Å²) in [6.45, 7) is 2.30. The molecule has 0 amide bonds. The predicted molar refractivity (Wildman–Crippen MR) is 61.6 cm³/mol. The van der Waals surface area contributed by atoms with Gasteiger partial charge in [-0.25, -0.2) is 0 Å². The van der Waals surface area contributed by atoms with E-state index in [1.165, 1.54) is 12.8 Å². The van der Waals surface area contributed by atoms with Crippen LogP contribution in [0.2, 0.25) is 0 Å². The highest BCUT2D eigenvalue weighted by Gasteiger charge is 2.52. The second kappa shape index (κ2) is 3.15. The molecule has 0 unspecified atom stereocenters. The maximum Gasteiger partial charge on any atom is 0.143 e. The van der Waals surface area contributed by atoms with Crippen LogP contribution >= 0.6 is 0 Å². The van der Waals surface area contributed by atoms with Gasteiger partial charge in [-0.1, -0.05) is 0 Å². The summed E-state index contributed by atoms with van der Waals surface area (Å²) in [5, 5.41) is 8.83. The minimum atomic E-state index is 0.638. The summed E-state index contributed by atoms with van der Waals surface area (Å²) in [6.07, 6.45) is 2.75. The van der Waals surface area contributed by atoms with E-state index in [0.717, 1.165) is 24.5 Å². The molecule has 16 heavy (non-hydrogen) atoms. The summed E-state index contributed by atoms with van der Waals surface area (Å²) in [7, 11) is 1.66. The van der Waals surface area contributed by atoms with Crippen LogP contribution in [-0.2, 0) is 0 Å². The first-order chi connectivity index (χ1) is 7.76. The summed E-state index contributed by atoms with van der Waals surface area (Å²) in [5.74, 6) is 0.814. The fourth-order valence-electron chi connectivity index (χ4n) is 2.44. The SMILES string of the molecule is COc1cc(C#N)ccc1N1CC2(CC2)C1. The Hall–Kier alpha value is -1.69. The lowest BCUT2D eigenvalue weighted by Crippen LogP contribution is -2.48. The van der Waals surface area contributed by atoms with Crippen molar-refractivity contribution in [2.24, 2.45) is 5.41 Å². The van der Waals surface area contributed by atoms with Crippen molar-refractivity contribution < 1.29 is 4.74 Å². The van der Waals surface area contributed by atoms with Crippen molar-refractivity contribution in [3.8, 4) is 11.8 Å². The Kier molecular flexibility index (Phi) is 1.88. The van der Waals surface area contributed by atoms with Crippen molar-refractivity contribution in [3.05, 3.63) is 23.8 Å². The van der Waals surface area contributed by atoms with Crippen molar-refractivity contribution in [1.29, 1.82) is 5.26 Å². The van der Waals surface area contributed by atoms with E-state index in [9.17, 15) is 0 Å². The average Bonchev–Trinajstić information content (AvgIpc) is 3.06. The van der Waals surface area contributed by atoms with Crippen LogP contribution in [0.15, 0.2) is 18.2 Å². The topological polar surface area (TPSA) is 36.3 Å². The average molecular weight is 214 g/mol. The molecular weight excluding hydrogens is 200 g/mol. The summed E-state index contributed by atoms with van der Waals surface area (Å²) < 4.78 is 5.34. The fourth-order valence-corrected chi connectivity index (χ4v) is 2.44. The molecule has 1 aromatic carbocycles. The first kappa shape index (κ1) is 9.53. The van der Waals surface area contributed by atoms with Crippen LogP contribution < -0.4 is 9.64 Å². The van der Waals surface area contributed by atoms with Gasteiger partial charge in [0, 0.05) is 24.6 Å². The van der Waals surface area contributed by atoms with Crippen molar-refractivity contribution in [2.75, 3.05) is 25.1 Å². The summed E-state index contributed by atoms with van der Waals surface area (Å²) in [4.78, 5) is 2.34. The molecule has 0 radical (unpaired) electrons. The lowest BCUT2D eigenvalue weighted by Gasteiger charge is -2.42. The van der Waals surface area contributed by atoms with E-state index in [1.807, 2.05) is 18.2 Å². The number of ether oxygens (including phenoxy) is 1. The zero-order chi connectivity index (χ0) is 11.2. The zero-order valence-electron chi connectivity index (χ0n) is 9.36. The van der Waals surface area contributed by atoms with Crippen LogP contribution in [0.25, 0.3) is 0 Å². The molecular formula is C13H14N2O. The maximum atomic E-state index is 8.83. The van der Waals surface area contributed by atoms with Crippen LogP contribution in [0.3, 0.4) is 0 Å². The van der Waals surface area contributed by atoms with Gasteiger partial charge in [0.2, 0.25) is 0 Å². The van der Waals surface area contributed by atoms with E-state index in [-0.39, 0.29) is 0 Å². The molecule has 82 valence electrons. The first-order valence-electron chi connectivity index (χ1n) is 5.59. The van der Waals surface area contributed by atoms with Gasteiger partial charge in [-0.2, -0.15) is 5.26 Å². The highest BCUT2D eigenvalue weighted by molar-refractivity contribution is 5.63. The largest absolute Gasteiger partial charge is 0.495 e. The van der Waals surface area contributed by atoms with Crippen molar-refractivity contribution in [3.63, 3.8) is 0 Å². The van der Waals surface area contributed by atoms with Gasteiger partial charge in [-0.15, -0.1) is 0 Å². The predicted octanol–water partition coefficient (Wildman–Crippen LogP) is 2.17. The molecule has 3 heteroatoms. The molecule has 0 N–H and O–H groups in total. The zero-order valence-corrected chi connectivity index (χ0v) is 9.36. The second-order valence-corrected chi connectivity index (χ2v) is 4.85. The Morgan fingerprint density at radius 3 is 2.69 bits per heavy atom. The first-order valence-corrected chi connectivity index (χ1v) is 5.59. The highest BCUT2D eigenvalue weighted by Crippen LogP contribution is 2.54. The van der Waals surface area contributed by atoms with E-state index in [4.69, 9.17) is 10.00 Å². The number of methoxy groups -OCH3 is 1. The molecule has 0 aromatic heterocycles. The van der Waals surface area contributed by atoms with Crippen molar-refractivity contribution >= 4 is 5.69 Å². The molecule has 2 aliphatic rings. The summed E-state index contributed by atoms with van der Waals surface area (Å²) in [5.41, 5.74) is 2.42. The van der Waals surface area contributed by atoms with Crippen LogP contribution in [0.5, 0.6) is 5.75 Å². The molecule has 1 aliphatic carbocycles. The molecule has 3 rings (SSSR count). The monoisotopic (exact) mass is 214 g/mol. The minimum absolute atomic E-state index is 0.638. The van der Waals surface area contributed by atoms with Gasteiger partial charge in [0.15, 0.2) is 0 Å². The molecule has 1 saturated heterocycles. The summed E-state index contributed by atoms with van der Waals surface area (Å²) in [6, 6.07) is 7.80. The van der Waals surface area contributed by atoms with E-state index in [0.29, 0.717) is 11.0 Å². The third kappa shape index (κ3) is 1.34. The molecule has 1 aromatic rings. The minimum Gasteiger partial charge on any atom is -0.495 e. The van der Waals surface area contributed by atoms with Gasteiger partial charge < -0.3 is 9.64 Å². The molecule has 0 atom stereocenters. The molecule has 1 aliphatic heterocycles. The van der Waals surface area contributed by atoms with E-state index in [2.05, 4.69) is 11.0 Å².